The number of nitriles is 1. The molecule has 1 aromatic carbocycles. The van der Waals surface area contributed by atoms with Crippen molar-refractivity contribution in [2.45, 2.75) is 4.82 Å². The second-order valence-corrected chi connectivity index (χ2v) is 3.34. The summed E-state index contributed by atoms with van der Waals surface area (Å²) in [5, 5.41) is 8.59. The van der Waals surface area contributed by atoms with Gasteiger partial charge in [-0.25, -0.2) is 0 Å². The normalized spacial score (nSPS) is 11.7. The van der Waals surface area contributed by atoms with Crippen LogP contribution in [0, 0.1) is 11.3 Å². The number of carbonyl (C=O) groups excluding carboxylic acids is 1. The van der Waals surface area contributed by atoms with E-state index in [1.165, 1.54) is 0 Å². The van der Waals surface area contributed by atoms with Gasteiger partial charge in [0.25, 0.3) is 0 Å². The Morgan fingerprint density at radius 2 is 2.25 bits per heavy atom. The first-order valence-electron chi connectivity index (χ1n) is 3.33. The summed E-state index contributed by atoms with van der Waals surface area (Å²) in [5.74, 6) is 0. The molecule has 1 atom stereocenters. The summed E-state index contributed by atoms with van der Waals surface area (Å²) >= 11 is 2.25. The molecule has 1 aromatic rings. The summed E-state index contributed by atoms with van der Waals surface area (Å²) in [6.45, 7) is 0. The van der Waals surface area contributed by atoms with Gasteiger partial charge in [-0.15, -0.1) is 0 Å². The van der Waals surface area contributed by atoms with Crippen LogP contribution < -0.4 is 0 Å². The third kappa shape index (κ3) is 1.94. The Bertz CT molecular complexity index is 330. The van der Waals surface area contributed by atoms with Crippen molar-refractivity contribution in [2.75, 3.05) is 0 Å². The van der Waals surface area contributed by atoms with Crippen molar-refractivity contribution < 1.29 is 4.79 Å². The summed E-state index contributed by atoms with van der Waals surface area (Å²) in [4.78, 5) is 10.0. The molecule has 0 amide bonds. The molecular formula is C9H6NOSe. The molecule has 59 valence electrons. The number of benzene rings is 1. The van der Waals surface area contributed by atoms with Gasteiger partial charge in [0.2, 0.25) is 0 Å². The van der Waals surface area contributed by atoms with Crippen molar-refractivity contribution in [3.8, 4) is 6.07 Å². The van der Waals surface area contributed by atoms with E-state index in [9.17, 15) is 4.79 Å². The molecule has 3 heteroatoms. The topological polar surface area (TPSA) is 40.9 Å². The van der Waals surface area contributed by atoms with Crippen LogP contribution >= 0.6 is 0 Å². The molecule has 1 radical (unpaired) electrons. The van der Waals surface area contributed by atoms with Crippen molar-refractivity contribution in [2.24, 2.45) is 0 Å². The van der Waals surface area contributed by atoms with Crippen LogP contribution in [0.2, 0.25) is 0 Å². The molecule has 2 nitrogen and oxygen atoms in total. The molecule has 1 unspecified atom stereocenters. The SMILES string of the molecule is N#CC([SeH])c1cccc([C]=O)c1. The number of rotatable bonds is 2. The predicted octanol–water partition coefficient (Wildman–Crippen LogP) is 0.610. The van der Waals surface area contributed by atoms with Gasteiger partial charge in [-0.1, -0.05) is 0 Å². The van der Waals surface area contributed by atoms with E-state index in [1.54, 1.807) is 24.5 Å². The monoisotopic (exact) mass is 224 g/mol. The fourth-order valence-electron chi connectivity index (χ4n) is 0.847. The molecule has 0 aliphatic carbocycles. The summed E-state index contributed by atoms with van der Waals surface area (Å²) < 4.78 is 0. The zero-order valence-electron chi connectivity index (χ0n) is 6.19. The maximum absolute atomic E-state index is 10.3. The van der Waals surface area contributed by atoms with E-state index in [1.807, 2.05) is 6.07 Å². The Morgan fingerprint density at radius 3 is 2.83 bits per heavy atom. The summed E-state index contributed by atoms with van der Waals surface area (Å²) in [6.07, 6.45) is 1.78. The van der Waals surface area contributed by atoms with Crippen LogP contribution in [0.1, 0.15) is 15.9 Å². The van der Waals surface area contributed by atoms with Gasteiger partial charge >= 0.3 is 78.6 Å². The second-order valence-electron chi connectivity index (χ2n) is 2.26. The zero-order valence-corrected chi connectivity index (χ0v) is 8.07. The van der Waals surface area contributed by atoms with Gasteiger partial charge < -0.3 is 0 Å². The van der Waals surface area contributed by atoms with Gasteiger partial charge in [-0.05, 0) is 0 Å². The Balaban J connectivity index is 3.03. The van der Waals surface area contributed by atoms with Gasteiger partial charge in [-0.2, -0.15) is 0 Å². The summed E-state index contributed by atoms with van der Waals surface area (Å²) in [7, 11) is 0. The van der Waals surface area contributed by atoms with E-state index in [4.69, 9.17) is 5.26 Å². The molecule has 1 rings (SSSR count). The average molecular weight is 223 g/mol. The van der Waals surface area contributed by atoms with Gasteiger partial charge in [0.15, 0.2) is 0 Å². The van der Waals surface area contributed by atoms with Gasteiger partial charge in [-0.3, -0.25) is 0 Å². The van der Waals surface area contributed by atoms with E-state index in [2.05, 4.69) is 22.1 Å². The first-order valence-corrected chi connectivity index (χ1v) is 4.42. The zero-order chi connectivity index (χ0) is 8.97. The molecule has 0 aromatic heterocycles. The van der Waals surface area contributed by atoms with E-state index in [0.717, 1.165) is 5.56 Å². The van der Waals surface area contributed by atoms with E-state index in [-0.39, 0.29) is 4.82 Å². The van der Waals surface area contributed by atoms with E-state index in [0.29, 0.717) is 5.56 Å². The van der Waals surface area contributed by atoms with Crippen LogP contribution in [0.3, 0.4) is 0 Å². The molecule has 12 heavy (non-hydrogen) atoms. The van der Waals surface area contributed by atoms with Crippen molar-refractivity contribution in [1.29, 1.82) is 5.26 Å². The molecule has 0 N–H and O–H groups in total. The third-order valence-corrected chi connectivity index (χ3v) is 2.31. The number of nitrogens with zero attached hydrogens (tertiary/aromatic N) is 1. The van der Waals surface area contributed by atoms with Gasteiger partial charge in [0, 0.05) is 0 Å². The van der Waals surface area contributed by atoms with Crippen molar-refractivity contribution >= 4 is 22.3 Å². The molecule has 0 aliphatic heterocycles. The van der Waals surface area contributed by atoms with Gasteiger partial charge in [0.1, 0.15) is 0 Å². The molecular weight excluding hydrogens is 217 g/mol. The molecule has 0 heterocycles. The Hall–Kier alpha value is -1.10. The molecule has 0 spiro atoms. The standard InChI is InChI=1S/C9H6NOSe/c10-5-9(12)8-3-1-2-7(4-8)6-11/h1-4,9,12H. The minimum absolute atomic E-state index is 0.231. The van der Waals surface area contributed by atoms with E-state index < -0.39 is 0 Å². The van der Waals surface area contributed by atoms with E-state index >= 15 is 0 Å². The predicted molar refractivity (Wildman–Crippen MR) is 46.7 cm³/mol. The summed E-state index contributed by atoms with van der Waals surface area (Å²) in [6, 6.07) is 8.96. The van der Waals surface area contributed by atoms with Crippen molar-refractivity contribution in [1.82, 2.24) is 0 Å². The molecule has 0 saturated heterocycles. The van der Waals surface area contributed by atoms with Crippen LogP contribution in [0.25, 0.3) is 0 Å². The van der Waals surface area contributed by atoms with Crippen LogP contribution in [0.5, 0.6) is 0 Å². The molecule has 0 bridgehead atoms. The van der Waals surface area contributed by atoms with Crippen molar-refractivity contribution in [3.05, 3.63) is 35.4 Å². The van der Waals surface area contributed by atoms with Crippen LogP contribution in [0.4, 0.5) is 0 Å². The molecule has 0 saturated carbocycles. The first-order chi connectivity index (χ1) is 5.77. The quantitative estimate of drug-likeness (QED) is 0.689. The van der Waals surface area contributed by atoms with Crippen LogP contribution in [0.15, 0.2) is 24.3 Å². The summed E-state index contributed by atoms with van der Waals surface area (Å²) in [5.41, 5.74) is 1.32. The fraction of sp³-hybridized carbons (Fsp3) is 0.111. The first kappa shape index (κ1) is 8.99. The Morgan fingerprint density at radius 1 is 1.50 bits per heavy atom. The van der Waals surface area contributed by atoms with Crippen LogP contribution in [-0.2, 0) is 4.79 Å². The average Bonchev–Trinajstić information content (AvgIpc) is 2.17. The van der Waals surface area contributed by atoms with Gasteiger partial charge in [0.05, 0.1) is 0 Å². The Kier molecular flexibility index (Phi) is 3.04. The van der Waals surface area contributed by atoms with Crippen LogP contribution in [-0.4, -0.2) is 22.3 Å². The molecule has 0 aliphatic rings. The minimum atomic E-state index is -0.231. The second kappa shape index (κ2) is 4.06. The molecule has 0 fully saturated rings. The van der Waals surface area contributed by atoms with Crippen molar-refractivity contribution in [3.63, 3.8) is 0 Å². The number of hydrogen-bond donors (Lipinski definition) is 0. The fourth-order valence-corrected chi connectivity index (χ4v) is 1.18. The Labute approximate surface area is 79.0 Å². The third-order valence-electron chi connectivity index (χ3n) is 1.44. The number of hydrogen-bond acceptors (Lipinski definition) is 2. The maximum atomic E-state index is 10.3.